The highest BCUT2D eigenvalue weighted by molar-refractivity contribution is 6.12. The molecule has 1 aromatic heterocycles. The number of aryl methyl sites for hydroxylation is 1. The fourth-order valence-electron chi connectivity index (χ4n) is 2.59. The van der Waals surface area contributed by atoms with Crippen molar-refractivity contribution in [3.05, 3.63) is 89.1 Å². The van der Waals surface area contributed by atoms with E-state index in [1.54, 1.807) is 12.1 Å². The molecule has 0 radical (unpaired) electrons. The molecule has 0 amide bonds. The maximum Gasteiger partial charge on any atom is 0.363 e. The van der Waals surface area contributed by atoms with Gasteiger partial charge in [0, 0.05) is 17.2 Å². The second-order valence-corrected chi connectivity index (χ2v) is 5.91. The Balaban J connectivity index is 1.62. The summed E-state index contributed by atoms with van der Waals surface area (Å²) in [5.74, 6) is 0.227. The monoisotopic (exact) mass is 347 g/mol. The van der Waals surface area contributed by atoms with Gasteiger partial charge in [0.1, 0.15) is 17.3 Å². The van der Waals surface area contributed by atoms with E-state index in [1.807, 2.05) is 37.3 Å². The number of furan rings is 1. The van der Waals surface area contributed by atoms with Gasteiger partial charge < -0.3 is 9.15 Å². The van der Waals surface area contributed by atoms with E-state index < -0.39 is 11.8 Å². The van der Waals surface area contributed by atoms with Crippen LogP contribution in [0.1, 0.15) is 16.9 Å². The molecule has 1 aliphatic rings. The van der Waals surface area contributed by atoms with Gasteiger partial charge in [-0.15, -0.1) is 0 Å². The van der Waals surface area contributed by atoms with Gasteiger partial charge in [-0.1, -0.05) is 35.9 Å². The Kier molecular flexibility index (Phi) is 3.97. The van der Waals surface area contributed by atoms with E-state index in [-0.39, 0.29) is 11.6 Å². The number of carbonyl (C=O) groups excluding carboxylic acids is 1. The number of ether oxygens (including phenoxy) is 1. The molecule has 0 N–H and O–H groups in total. The summed E-state index contributed by atoms with van der Waals surface area (Å²) >= 11 is 0. The first-order valence-corrected chi connectivity index (χ1v) is 8.04. The molecule has 0 saturated carbocycles. The number of esters is 1. The van der Waals surface area contributed by atoms with Crippen LogP contribution in [0, 0.1) is 12.7 Å². The summed E-state index contributed by atoms with van der Waals surface area (Å²) < 4.78 is 24.2. The fraction of sp³-hybridized carbons (Fsp3) is 0.0476. The fourth-order valence-corrected chi connectivity index (χ4v) is 2.59. The average Bonchev–Trinajstić information content (AvgIpc) is 3.23. The van der Waals surface area contributed by atoms with E-state index in [0.717, 1.165) is 11.1 Å². The molecule has 0 spiro atoms. The maximum atomic E-state index is 13.3. The largest absolute Gasteiger partial charge is 0.457 e. The maximum absolute atomic E-state index is 13.3. The number of rotatable bonds is 3. The number of hydrogen-bond donors (Lipinski definition) is 0. The summed E-state index contributed by atoms with van der Waals surface area (Å²) in [4.78, 5) is 16.2. The molecule has 3 aromatic rings. The van der Waals surface area contributed by atoms with Gasteiger partial charge in [0.25, 0.3) is 0 Å². The number of benzene rings is 2. The SMILES string of the molecule is Cc1ccc(-c2ccc(/C=C3\N=C(c4cccc(F)c4)OC3=O)o2)cc1. The molecule has 0 bridgehead atoms. The van der Waals surface area contributed by atoms with Crippen LogP contribution in [-0.2, 0) is 9.53 Å². The molecule has 5 heteroatoms. The van der Waals surface area contributed by atoms with Crippen LogP contribution in [0.4, 0.5) is 4.39 Å². The van der Waals surface area contributed by atoms with Gasteiger partial charge in [-0.3, -0.25) is 0 Å². The Morgan fingerprint density at radius 2 is 1.81 bits per heavy atom. The summed E-state index contributed by atoms with van der Waals surface area (Å²) in [6.45, 7) is 2.02. The van der Waals surface area contributed by atoms with Crippen molar-refractivity contribution in [2.24, 2.45) is 4.99 Å². The highest BCUT2D eigenvalue weighted by Crippen LogP contribution is 2.25. The van der Waals surface area contributed by atoms with E-state index in [9.17, 15) is 9.18 Å². The van der Waals surface area contributed by atoms with Crippen molar-refractivity contribution in [3.8, 4) is 11.3 Å². The van der Waals surface area contributed by atoms with Crippen LogP contribution in [0.3, 0.4) is 0 Å². The van der Waals surface area contributed by atoms with E-state index in [1.165, 1.54) is 24.3 Å². The summed E-state index contributed by atoms with van der Waals surface area (Å²) in [7, 11) is 0. The van der Waals surface area contributed by atoms with Crippen LogP contribution >= 0.6 is 0 Å². The molecule has 2 aromatic carbocycles. The van der Waals surface area contributed by atoms with Gasteiger partial charge in [0.05, 0.1) is 0 Å². The van der Waals surface area contributed by atoms with Crippen molar-refractivity contribution in [1.29, 1.82) is 0 Å². The van der Waals surface area contributed by atoms with Crippen LogP contribution in [-0.4, -0.2) is 11.9 Å². The molecule has 0 saturated heterocycles. The molecule has 1 aliphatic heterocycles. The minimum Gasteiger partial charge on any atom is -0.457 e. The summed E-state index contributed by atoms with van der Waals surface area (Å²) in [6, 6.07) is 17.2. The van der Waals surface area contributed by atoms with Gasteiger partial charge >= 0.3 is 5.97 Å². The Labute approximate surface area is 149 Å². The Bertz CT molecular complexity index is 1050. The summed E-state index contributed by atoms with van der Waals surface area (Å²) in [5, 5.41) is 0. The predicted molar refractivity (Wildman–Crippen MR) is 95.9 cm³/mol. The summed E-state index contributed by atoms with van der Waals surface area (Å²) in [6.07, 6.45) is 1.51. The Morgan fingerprint density at radius 3 is 2.58 bits per heavy atom. The first kappa shape index (κ1) is 16.0. The van der Waals surface area contributed by atoms with E-state index in [2.05, 4.69) is 4.99 Å². The lowest BCUT2D eigenvalue weighted by Crippen LogP contribution is -2.05. The Morgan fingerprint density at radius 1 is 1.00 bits per heavy atom. The average molecular weight is 347 g/mol. The van der Waals surface area contributed by atoms with Gasteiger partial charge in [0.2, 0.25) is 5.90 Å². The second-order valence-electron chi connectivity index (χ2n) is 5.91. The number of carbonyl (C=O) groups is 1. The number of nitrogens with zero attached hydrogens (tertiary/aromatic N) is 1. The molecule has 128 valence electrons. The highest BCUT2D eigenvalue weighted by atomic mass is 19.1. The van der Waals surface area contributed by atoms with Crippen LogP contribution in [0.5, 0.6) is 0 Å². The minimum absolute atomic E-state index is 0.0751. The molecule has 0 fully saturated rings. The number of cyclic esters (lactones) is 1. The molecule has 4 nitrogen and oxygen atoms in total. The smallest absolute Gasteiger partial charge is 0.363 e. The van der Waals surface area contributed by atoms with Crippen molar-refractivity contribution in [2.75, 3.05) is 0 Å². The van der Waals surface area contributed by atoms with Crippen LogP contribution in [0.15, 0.2) is 75.8 Å². The Hall–Kier alpha value is -3.47. The third-order valence-electron chi connectivity index (χ3n) is 3.93. The molecule has 0 unspecified atom stereocenters. The van der Waals surface area contributed by atoms with E-state index in [0.29, 0.717) is 17.1 Å². The molecule has 26 heavy (non-hydrogen) atoms. The highest BCUT2D eigenvalue weighted by Gasteiger charge is 2.24. The van der Waals surface area contributed by atoms with Crippen LogP contribution in [0.25, 0.3) is 17.4 Å². The first-order valence-electron chi connectivity index (χ1n) is 8.04. The van der Waals surface area contributed by atoms with Crippen molar-refractivity contribution in [1.82, 2.24) is 0 Å². The summed E-state index contributed by atoms with van der Waals surface area (Å²) in [5.41, 5.74) is 2.62. The lowest BCUT2D eigenvalue weighted by atomic mass is 10.1. The minimum atomic E-state index is -0.599. The van der Waals surface area contributed by atoms with Crippen molar-refractivity contribution >= 4 is 17.9 Å². The second kappa shape index (κ2) is 6.44. The zero-order valence-corrected chi connectivity index (χ0v) is 13.9. The zero-order valence-electron chi connectivity index (χ0n) is 13.9. The zero-order chi connectivity index (χ0) is 18.1. The predicted octanol–water partition coefficient (Wildman–Crippen LogP) is 4.74. The van der Waals surface area contributed by atoms with Gasteiger partial charge in [0.15, 0.2) is 5.70 Å². The molecule has 0 aliphatic carbocycles. The van der Waals surface area contributed by atoms with Gasteiger partial charge in [-0.2, -0.15) is 0 Å². The molecule has 0 atom stereocenters. The van der Waals surface area contributed by atoms with Gasteiger partial charge in [-0.25, -0.2) is 14.2 Å². The lowest BCUT2D eigenvalue weighted by molar-refractivity contribution is -0.129. The number of hydrogen-bond acceptors (Lipinski definition) is 4. The lowest BCUT2D eigenvalue weighted by Gasteiger charge is -1.98. The number of halogens is 1. The first-order chi connectivity index (χ1) is 12.6. The van der Waals surface area contributed by atoms with Crippen LogP contribution in [0.2, 0.25) is 0 Å². The van der Waals surface area contributed by atoms with Crippen LogP contribution < -0.4 is 0 Å². The van der Waals surface area contributed by atoms with Crippen molar-refractivity contribution in [3.63, 3.8) is 0 Å². The molecule has 4 rings (SSSR count). The van der Waals surface area contributed by atoms with Crippen molar-refractivity contribution in [2.45, 2.75) is 6.92 Å². The standard InChI is InChI=1S/C21H14FNO3/c1-13-5-7-14(8-6-13)19-10-9-17(25-19)12-18-21(24)26-20(23-18)15-3-2-4-16(22)11-15/h2-12H,1H3/b18-12-. The van der Waals surface area contributed by atoms with E-state index in [4.69, 9.17) is 9.15 Å². The normalized spacial score (nSPS) is 15.2. The van der Waals surface area contributed by atoms with E-state index >= 15 is 0 Å². The number of aliphatic imine (C=N–C) groups is 1. The van der Waals surface area contributed by atoms with Gasteiger partial charge in [-0.05, 0) is 37.3 Å². The topological polar surface area (TPSA) is 51.8 Å². The molecule has 2 heterocycles. The third-order valence-corrected chi connectivity index (χ3v) is 3.93. The van der Waals surface area contributed by atoms with Crippen molar-refractivity contribution < 1.29 is 18.3 Å². The molecular weight excluding hydrogens is 333 g/mol. The third kappa shape index (κ3) is 3.19. The quantitative estimate of drug-likeness (QED) is 0.508. The molecular formula is C21H14FNO3.